The Kier molecular flexibility index (Phi) is 4.45. The molecule has 4 nitrogen and oxygen atoms in total. The van der Waals surface area contributed by atoms with Crippen LogP contribution in [0.5, 0.6) is 11.5 Å². The first-order chi connectivity index (χ1) is 10.6. The lowest BCUT2D eigenvalue weighted by Gasteiger charge is -2.12. The summed E-state index contributed by atoms with van der Waals surface area (Å²) in [5.41, 5.74) is 1.08. The topological polar surface area (TPSA) is 55.4 Å². The highest BCUT2D eigenvalue weighted by molar-refractivity contribution is 7.91. The van der Waals surface area contributed by atoms with E-state index in [4.69, 9.17) is 4.74 Å². The average Bonchev–Trinajstić information content (AvgIpc) is 2.86. The summed E-state index contributed by atoms with van der Waals surface area (Å²) in [6.07, 6.45) is 0.697. The van der Waals surface area contributed by atoms with Crippen molar-refractivity contribution in [3.05, 3.63) is 60.2 Å². The first-order valence-electron chi connectivity index (χ1n) is 7.36. The molecular weight excluding hydrogens is 298 g/mol. The van der Waals surface area contributed by atoms with Crippen LogP contribution in [0, 0.1) is 0 Å². The van der Waals surface area contributed by atoms with Gasteiger partial charge in [0, 0.05) is 12.6 Å². The third kappa shape index (κ3) is 4.08. The molecule has 1 aliphatic rings. The van der Waals surface area contributed by atoms with Crippen molar-refractivity contribution in [1.82, 2.24) is 5.32 Å². The lowest BCUT2D eigenvalue weighted by atomic mass is 10.2. The Hall–Kier alpha value is -1.85. The third-order valence-corrected chi connectivity index (χ3v) is 5.47. The number of sulfone groups is 1. The van der Waals surface area contributed by atoms with E-state index < -0.39 is 9.84 Å². The second kappa shape index (κ2) is 6.50. The molecule has 1 saturated heterocycles. The predicted molar refractivity (Wildman–Crippen MR) is 86.9 cm³/mol. The SMILES string of the molecule is O=S1(=O)CCC(NCc2cccc(Oc3ccccc3)c2)C1. The van der Waals surface area contributed by atoms with Crippen molar-refractivity contribution in [2.45, 2.75) is 19.0 Å². The van der Waals surface area contributed by atoms with Crippen molar-refractivity contribution in [3.63, 3.8) is 0 Å². The van der Waals surface area contributed by atoms with Crippen molar-refractivity contribution < 1.29 is 13.2 Å². The van der Waals surface area contributed by atoms with E-state index in [-0.39, 0.29) is 11.8 Å². The van der Waals surface area contributed by atoms with Gasteiger partial charge in [-0.3, -0.25) is 0 Å². The number of para-hydroxylation sites is 1. The Morgan fingerprint density at radius 3 is 2.55 bits per heavy atom. The Morgan fingerprint density at radius 1 is 1.05 bits per heavy atom. The van der Waals surface area contributed by atoms with E-state index in [0.717, 1.165) is 17.1 Å². The monoisotopic (exact) mass is 317 g/mol. The Labute approximate surface area is 131 Å². The molecule has 1 unspecified atom stereocenters. The van der Waals surface area contributed by atoms with E-state index in [1.165, 1.54) is 0 Å². The van der Waals surface area contributed by atoms with Gasteiger partial charge in [0.05, 0.1) is 11.5 Å². The first-order valence-corrected chi connectivity index (χ1v) is 9.18. The number of ether oxygens (including phenoxy) is 1. The smallest absolute Gasteiger partial charge is 0.151 e. The van der Waals surface area contributed by atoms with Crippen LogP contribution in [-0.2, 0) is 16.4 Å². The van der Waals surface area contributed by atoms with Gasteiger partial charge in [0.1, 0.15) is 11.5 Å². The zero-order valence-electron chi connectivity index (χ0n) is 12.2. The third-order valence-electron chi connectivity index (χ3n) is 3.70. The van der Waals surface area contributed by atoms with Gasteiger partial charge in [-0.05, 0) is 36.2 Å². The van der Waals surface area contributed by atoms with Gasteiger partial charge in [-0.1, -0.05) is 30.3 Å². The summed E-state index contributed by atoms with van der Waals surface area (Å²) in [6.45, 7) is 0.645. The van der Waals surface area contributed by atoms with Gasteiger partial charge in [0.15, 0.2) is 9.84 Å². The molecule has 1 fully saturated rings. The Balaban J connectivity index is 1.60. The van der Waals surface area contributed by atoms with Crippen LogP contribution in [0.25, 0.3) is 0 Å². The number of hydrogen-bond donors (Lipinski definition) is 1. The highest BCUT2D eigenvalue weighted by Crippen LogP contribution is 2.22. The maximum absolute atomic E-state index is 11.4. The van der Waals surface area contributed by atoms with Crippen LogP contribution >= 0.6 is 0 Å². The van der Waals surface area contributed by atoms with Crippen molar-refractivity contribution in [2.75, 3.05) is 11.5 Å². The highest BCUT2D eigenvalue weighted by atomic mass is 32.2. The quantitative estimate of drug-likeness (QED) is 0.921. The number of hydrogen-bond acceptors (Lipinski definition) is 4. The summed E-state index contributed by atoms with van der Waals surface area (Å²) in [5, 5.41) is 3.31. The van der Waals surface area contributed by atoms with Gasteiger partial charge in [-0.25, -0.2) is 8.42 Å². The molecule has 5 heteroatoms. The molecule has 1 aliphatic heterocycles. The summed E-state index contributed by atoms with van der Waals surface area (Å²) in [7, 11) is -2.84. The molecule has 0 amide bonds. The molecule has 0 spiro atoms. The van der Waals surface area contributed by atoms with E-state index in [9.17, 15) is 8.42 Å². The lowest BCUT2D eigenvalue weighted by molar-refractivity contribution is 0.480. The van der Waals surface area contributed by atoms with Crippen LogP contribution < -0.4 is 10.1 Å². The fourth-order valence-electron chi connectivity index (χ4n) is 2.56. The van der Waals surface area contributed by atoms with Gasteiger partial charge >= 0.3 is 0 Å². The van der Waals surface area contributed by atoms with E-state index in [2.05, 4.69) is 5.32 Å². The standard InChI is InChI=1S/C17H19NO3S/c19-22(20)10-9-15(13-22)18-12-14-5-4-8-17(11-14)21-16-6-2-1-3-7-16/h1-8,11,15,18H,9-10,12-13H2. The lowest BCUT2D eigenvalue weighted by Crippen LogP contribution is -2.29. The zero-order valence-corrected chi connectivity index (χ0v) is 13.1. The largest absolute Gasteiger partial charge is 0.457 e. The second-order valence-corrected chi connectivity index (χ2v) is 7.77. The summed E-state index contributed by atoms with van der Waals surface area (Å²) < 4.78 is 28.7. The van der Waals surface area contributed by atoms with Crippen LogP contribution in [0.3, 0.4) is 0 Å². The first kappa shape index (κ1) is 15.1. The van der Waals surface area contributed by atoms with Crippen LogP contribution in [0.1, 0.15) is 12.0 Å². The maximum Gasteiger partial charge on any atom is 0.151 e. The molecule has 3 rings (SSSR count). The molecule has 116 valence electrons. The Bertz CT molecular complexity index is 729. The van der Waals surface area contributed by atoms with Gasteiger partial charge < -0.3 is 10.1 Å². The molecule has 1 heterocycles. The summed E-state index contributed by atoms with van der Waals surface area (Å²) >= 11 is 0. The molecule has 0 bridgehead atoms. The van der Waals surface area contributed by atoms with E-state index in [0.29, 0.717) is 18.7 Å². The van der Waals surface area contributed by atoms with Crippen LogP contribution in [0.4, 0.5) is 0 Å². The van der Waals surface area contributed by atoms with Gasteiger partial charge in [-0.15, -0.1) is 0 Å². The van der Waals surface area contributed by atoms with Gasteiger partial charge in [0.2, 0.25) is 0 Å². The van der Waals surface area contributed by atoms with Crippen LogP contribution in [0.15, 0.2) is 54.6 Å². The molecule has 1 atom stereocenters. The summed E-state index contributed by atoms with van der Waals surface area (Å²) in [5.74, 6) is 2.12. The fourth-order valence-corrected chi connectivity index (χ4v) is 4.27. The molecule has 0 aromatic heterocycles. The number of nitrogens with one attached hydrogen (secondary N) is 1. The van der Waals surface area contributed by atoms with Crippen LogP contribution in [-0.4, -0.2) is 26.0 Å². The average molecular weight is 317 g/mol. The van der Waals surface area contributed by atoms with Gasteiger partial charge in [0.25, 0.3) is 0 Å². The summed E-state index contributed by atoms with van der Waals surface area (Å²) in [4.78, 5) is 0. The van der Waals surface area contributed by atoms with Crippen LogP contribution in [0.2, 0.25) is 0 Å². The molecule has 22 heavy (non-hydrogen) atoms. The van der Waals surface area contributed by atoms with Crippen molar-refractivity contribution in [2.24, 2.45) is 0 Å². The van der Waals surface area contributed by atoms with E-state index >= 15 is 0 Å². The molecular formula is C17H19NO3S. The van der Waals surface area contributed by atoms with Crippen molar-refractivity contribution in [3.8, 4) is 11.5 Å². The predicted octanol–water partition coefficient (Wildman–Crippen LogP) is 2.76. The van der Waals surface area contributed by atoms with E-state index in [1.807, 2.05) is 54.6 Å². The molecule has 2 aromatic rings. The normalized spacial score (nSPS) is 19.9. The van der Waals surface area contributed by atoms with Gasteiger partial charge in [-0.2, -0.15) is 0 Å². The fraction of sp³-hybridized carbons (Fsp3) is 0.294. The molecule has 0 saturated carbocycles. The highest BCUT2D eigenvalue weighted by Gasteiger charge is 2.27. The number of rotatable bonds is 5. The minimum absolute atomic E-state index is 0.0590. The number of benzene rings is 2. The van der Waals surface area contributed by atoms with Crippen molar-refractivity contribution >= 4 is 9.84 Å². The summed E-state index contributed by atoms with van der Waals surface area (Å²) in [6, 6.07) is 17.5. The minimum Gasteiger partial charge on any atom is -0.457 e. The molecule has 2 aromatic carbocycles. The zero-order chi connectivity index (χ0) is 15.4. The second-order valence-electron chi connectivity index (χ2n) is 5.54. The molecule has 1 N–H and O–H groups in total. The molecule has 0 radical (unpaired) electrons. The van der Waals surface area contributed by atoms with Crippen molar-refractivity contribution in [1.29, 1.82) is 0 Å². The molecule has 0 aliphatic carbocycles. The van der Waals surface area contributed by atoms with E-state index in [1.54, 1.807) is 0 Å². The maximum atomic E-state index is 11.4. The Morgan fingerprint density at radius 2 is 1.82 bits per heavy atom. The minimum atomic E-state index is -2.84.